The molecule has 18 heavy (non-hydrogen) atoms. The van der Waals surface area contributed by atoms with Gasteiger partial charge in [0.05, 0.1) is 19.0 Å². The number of aromatic nitrogens is 1. The lowest BCUT2D eigenvalue weighted by Gasteiger charge is -2.18. The van der Waals surface area contributed by atoms with E-state index in [0.717, 1.165) is 14.0 Å². The van der Waals surface area contributed by atoms with Crippen LogP contribution in [0, 0.1) is 6.92 Å². The van der Waals surface area contributed by atoms with Crippen LogP contribution in [0.3, 0.4) is 0 Å². The first-order valence-corrected chi connectivity index (χ1v) is 4.42. The monoisotopic (exact) mass is 275 g/mol. The number of rotatable bonds is 2. The van der Waals surface area contributed by atoms with Crippen LogP contribution in [0.25, 0.3) is 0 Å². The fourth-order valence-corrected chi connectivity index (χ4v) is 1.24. The van der Waals surface area contributed by atoms with E-state index in [1.807, 2.05) is 0 Å². The predicted molar refractivity (Wildman–Crippen MR) is 47.2 cm³/mol. The molecule has 1 heterocycles. The molecule has 0 fully saturated rings. The average molecular weight is 275 g/mol. The predicted octanol–water partition coefficient (Wildman–Crippen LogP) is 3.32. The first-order chi connectivity index (χ1) is 8.06. The third-order valence-electron chi connectivity index (χ3n) is 1.90. The molecular weight excluding hydrogens is 268 g/mol. The SMILES string of the molecule is COc1cnc(C)c(OC(F)(F)F)c1C(F)(F)F. The molecule has 1 rings (SSSR count). The standard InChI is InChI=1S/C9H7F6NO2/c1-4-7(18-9(13,14)15)6(8(10,11)12)5(17-2)3-16-4/h3H,1-2H3. The second-order valence-electron chi connectivity index (χ2n) is 3.16. The van der Waals surface area contributed by atoms with Gasteiger partial charge in [0.25, 0.3) is 0 Å². The highest BCUT2D eigenvalue weighted by molar-refractivity contribution is 5.47. The van der Waals surface area contributed by atoms with Crippen molar-refractivity contribution in [3.05, 3.63) is 17.5 Å². The fourth-order valence-electron chi connectivity index (χ4n) is 1.24. The van der Waals surface area contributed by atoms with Gasteiger partial charge in [-0.1, -0.05) is 0 Å². The summed E-state index contributed by atoms with van der Waals surface area (Å²) >= 11 is 0. The van der Waals surface area contributed by atoms with Crippen molar-refractivity contribution in [3.63, 3.8) is 0 Å². The lowest BCUT2D eigenvalue weighted by molar-refractivity contribution is -0.276. The Bertz CT molecular complexity index is 440. The summed E-state index contributed by atoms with van der Waals surface area (Å²) in [6.07, 6.45) is -9.63. The Balaban J connectivity index is 3.46. The number of aryl methyl sites for hydroxylation is 1. The maximum absolute atomic E-state index is 12.7. The molecule has 0 spiro atoms. The largest absolute Gasteiger partial charge is 0.573 e. The quantitative estimate of drug-likeness (QED) is 0.776. The molecule has 0 aliphatic rings. The molecule has 0 N–H and O–H groups in total. The molecule has 0 aliphatic heterocycles. The average Bonchev–Trinajstić information content (AvgIpc) is 2.17. The van der Waals surface area contributed by atoms with Gasteiger partial charge in [0, 0.05) is 0 Å². The topological polar surface area (TPSA) is 31.4 Å². The van der Waals surface area contributed by atoms with E-state index in [9.17, 15) is 26.3 Å². The third kappa shape index (κ3) is 3.17. The Morgan fingerprint density at radius 2 is 1.67 bits per heavy atom. The van der Waals surface area contributed by atoms with Crippen molar-refractivity contribution in [2.75, 3.05) is 7.11 Å². The van der Waals surface area contributed by atoms with E-state index >= 15 is 0 Å². The van der Waals surface area contributed by atoms with E-state index in [0.29, 0.717) is 6.20 Å². The molecule has 0 aliphatic carbocycles. The number of methoxy groups -OCH3 is 1. The van der Waals surface area contributed by atoms with Gasteiger partial charge >= 0.3 is 12.5 Å². The highest BCUT2D eigenvalue weighted by Crippen LogP contribution is 2.44. The Hall–Kier alpha value is -1.67. The van der Waals surface area contributed by atoms with Crippen molar-refractivity contribution < 1.29 is 35.8 Å². The van der Waals surface area contributed by atoms with Crippen molar-refractivity contribution in [2.45, 2.75) is 19.5 Å². The van der Waals surface area contributed by atoms with Crippen molar-refractivity contribution in [2.24, 2.45) is 0 Å². The number of ether oxygens (including phenoxy) is 2. The van der Waals surface area contributed by atoms with E-state index in [-0.39, 0.29) is 0 Å². The summed E-state index contributed by atoms with van der Waals surface area (Å²) in [4.78, 5) is 3.36. The summed E-state index contributed by atoms with van der Waals surface area (Å²) in [5, 5.41) is 0. The highest BCUT2D eigenvalue weighted by atomic mass is 19.4. The fraction of sp³-hybridized carbons (Fsp3) is 0.444. The molecule has 1 aromatic rings. The van der Waals surface area contributed by atoms with Crippen molar-refractivity contribution in [1.29, 1.82) is 0 Å². The molecule has 0 aromatic carbocycles. The molecule has 0 saturated carbocycles. The zero-order chi connectivity index (χ0) is 14.1. The van der Waals surface area contributed by atoms with E-state index in [4.69, 9.17) is 0 Å². The van der Waals surface area contributed by atoms with Crippen LogP contribution >= 0.6 is 0 Å². The van der Waals surface area contributed by atoms with E-state index in [2.05, 4.69) is 14.5 Å². The molecule has 0 bridgehead atoms. The molecule has 1 aromatic heterocycles. The van der Waals surface area contributed by atoms with Gasteiger partial charge in [0.1, 0.15) is 5.56 Å². The minimum absolute atomic E-state index is 0.541. The zero-order valence-corrected chi connectivity index (χ0v) is 9.11. The van der Waals surface area contributed by atoms with Gasteiger partial charge in [-0.05, 0) is 6.92 Å². The maximum Gasteiger partial charge on any atom is 0.573 e. The van der Waals surface area contributed by atoms with Crippen LogP contribution in [-0.4, -0.2) is 18.5 Å². The van der Waals surface area contributed by atoms with Crippen LogP contribution in [0.5, 0.6) is 11.5 Å². The number of hydrogen-bond acceptors (Lipinski definition) is 3. The van der Waals surface area contributed by atoms with Gasteiger partial charge in [-0.25, -0.2) is 0 Å². The first kappa shape index (κ1) is 14.4. The van der Waals surface area contributed by atoms with Crippen LogP contribution in [0.4, 0.5) is 26.3 Å². The van der Waals surface area contributed by atoms with Crippen molar-refractivity contribution >= 4 is 0 Å². The van der Waals surface area contributed by atoms with E-state index < -0.39 is 35.3 Å². The lowest BCUT2D eigenvalue weighted by Crippen LogP contribution is -2.22. The first-order valence-electron chi connectivity index (χ1n) is 4.42. The molecule has 0 saturated heterocycles. The summed E-state index contributed by atoms with van der Waals surface area (Å²) in [5.74, 6) is -2.25. The number of alkyl halides is 6. The summed E-state index contributed by atoms with van der Waals surface area (Å²) in [7, 11) is 0.888. The summed E-state index contributed by atoms with van der Waals surface area (Å²) < 4.78 is 82.0. The minimum atomic E-state index is -5.25. The Morgan fingerprint density at radius 1 is 1.11 bits per heavy atom. The minimum Gasteiger partial charge on any atom is -0.494 e. The third-order valence-corrected chi connectivity index (χ3v) is 1.90. The molecule has 9 heteroatoms. The van der Waals surface area contributed by atoms with Crippen LogP contribution < -0.4 is 9.47 Å². The van der Waals surface area contributed by atoms with Crippen LogP contribution in [-0.2, 0) is 6.18 Å². The number of halogens is 6. The Morgan fingerprint density at radius 3 is 2.06 bits per heavy atom. The maximum atomic E-state index is 12.7. The number of pyridine rings is 1. The van der Waals surface area contributed by atoms with Crippen molar-refractivity contribution in [1.82, 2.24) is 4.98 Å². The van der Waals surface area contributed by atoms with Gasteiger partial charge in [0.15, 0.2) is 11.5 Å². The van der Waals surface area contributed by atoms with E-state index in [1.165, 1.54) is 0 Å². The molecule has 0 unspecified atom stereocenters. The second kappa shape index (κ2) is 4.54. The van der Waals surface area contributed by atoms with Gasteiger partial charge in [0.2, 0.25) is 0 Å². The zero-order valence-electron chi connectivity index (χ0n) is 9.11. The second-order valence-corrected chi connectivity index (χ2v) is 3.16. The number of hydrogen-bond donors (Lipinski definition) is 0. The Kier molecular flexibility index (Phi) is 3.63. The summed E-state index contributed by atoms with van der Waals surface area (Å²) in [6, 6.07) is 0. The van der Waals surface area contributed by atoms with Crippen LogP contribution in [0.15, 0.2) is 6.20 Å². The van der Waals surface area contributed by atoms with Gasteiger partial charge < -0.3 is 9.47 Å². The Labute approximate surface area is 97.3 Å². The molecule has 0 amide bonds. The van der Waals surface area contributed by atoms with Gasteiger partial charge in [-0.2, -0.15) is 13.2 Å². The smallest absolute Gasteiger partial charge is 0.494 e. The van der Waals surface area contributed by atoms with Crippen molar-refractivity contribution in [3.8, 4) is 11.5 Å². The van der Waals surface area contributed by atoms with E-state index in [1.54, 1.807) is 0 Å². The summed E-state index contributed by atoms with van der Waals surface area (Å²) in [5.41, 5.74) is -2.18. The molecular formula is C9H7F6NO2. The molecule has 102 valence electrons. The normalized spacial score (nSPS) is 12.4. The number of nitrogens with zero attached hydrogens (tertiary/aromatic N) is 1. The molecule has 0 radical (unpaired) electrons. The highest BCUT2D eigenvalue weighted by Gasteiger charge is 2.43. The molecule has 3 nitrogen and oxygen atoms in total. The van der Waals surface area contributed by atoms with Gasteiger partial charge in [-0.15, -0.1) is 13.2 Å². The molecule has 0 atom stereocenters. The van der Waals surface area contributed by atoms with Crippen LogP contribution in [0.1, 0.15) is 11.3 Å². The van der Waals surface area contributed by atoms with Gasteiger partial charge in [-0.3, -0.25) is 4.98 Å². The van der Waals surface area contributed by atoms with Crippen LogP contribution in [0.2, 0.25) is 0 Å². The summed E-state index contributed by atoms with van der Waals surface area (Å²) in [6.45, 7) is 0.968. The lowest BCUT2D eigenvalue weighted by atomic mass is 10.2.